The molecular weight excluding hydrogens is 432 g/mol. The molecule has 1 aliphatic heterocycles. The second-order valence-corrected chi connectivity index (χ2v) is 9.57. The highest BCUT2D eigenvalue weighted by Crippen LogP contribution is 2.46. The van der Waals surface area contributed by atoms with Gasteiger partial charge in [-0.15, -0.1) is 0 Å². The van der Waals surface area contributed by atoms with E-state index < -0.39 is 0 Å². The molecule has 1 fully saturated rings. The average Bonchev–Trinajstić information content (AvgIpc) is 3.24. The highest BCUT2D eigenvalue weighted by atomic mass is 16.2. The van der Waals surface area contributed by atoms with Gasteiger partial charge in [0.1, 0.15) is 6.07 Å². The number of hydrogen-bond acceptors (Lipinski definition) is 4. The summed E-state index contributed by atoms with van der Waals surface area (Å²) in [4.78, 5) is 19.4. The largest absolute Gasteiger partial charge is 0.367 e. The van der Waals surface area contributed by atoms with Crippen LogP contribution in [0.3, 0.4) is 0 Å². The van der Waals surface area contributed by atoms with Gasteiger partial charge in [-0.1, -0.05) is 60.7 Å². The Bertz CT molecular complexity index is 1190. The van der Waals surface area contributed by atoms with Crippen LogP contribution in [0.2, 0.25) is 0 Å². The lowest BCUT2D eigenvalue weighted by molar-refractivity contribution is -0.131. The molecule has 5 heteroatoms. The summed E-state index contributed by atoms with van der Waals surface area (Å²) in [5.74, 6) is 0.645. The molecule has 0 N–H and O–H groups in total. The molecule has 5 nitrogen and oxygen atoms in total. The number of hydrogen-bond donors (Lipinski definition) is 0. The number of rotatable bonds is 7. The van der Waals surface area contributed by atoms with Crippen molar-refractivity contribution >= 4 is 11.6 Å². The van der Waals surface area contributed by atoms with Gasteiger partial charge in [0.25, 0.3) is 0 Å². The molecule has 0 atom stereocenters. The van der Waals surface area contributed by atoms with Gasteiger partial charge in [-0.05, 0) is 54.4 Å². The van der Waals surface area contributed by atoms with E-state index in [1.165, 1.54) is 22.3 Å². The van der Waals surface area contributed by atoms with Crippen molar-refractivity contribution in [3.8, 4) is 17.2 Å². The van der Waals surface area contributed by atoms with E-state index >= 15 is 0 Å². The van der Waals surface area contributed by atoms with Crippen LogP contribution in [0.1, 0.15) is 35.4 Å². The van der Waals surface area contributed by atoms with Crippen LogP contribution in [0, 0.1) is 11.3 Å². The summed E-state index contributed by atoms with van der Waals surface area (Å²) >= 11 is 0. The van der Waals surface area contributed by atoms with Gasteiger partial charge < -0.3 is 14.7 Å². The van der Waals surface area contributed by atoms with Gasteiger partial charge in [-0.2, -0.15) is 5.26 Å². The van der Waals surface area contributed by atoms with E-state index in [1.54, 1.807) is 0 Å². The molecule has 0 spiro atoms. The van der Waals surface area contributed by atoms with E-state index in [0.29, 0.717) is 31.0 Å². The normalized spacial score (nSPS) is 15.1. The maximum atomic E-state index is 12.9. The SMILES string of the molecule is CN(CCC(=O)N1CCN(c2ccccc2C#N)CC1)CCC1c2ccccc2-c2ccccc21. The van der Waals surface area contributed by atoms with Crippen molar-refractivity contribution in [3.63, 3.8) is 0 Å². The molecular formula is C30H32N4O. The summed E-state index contributed by atoms with van der Waals surface area (Å²) in [5.41, 5.74) is 7.24. The lowest BCUT2D eigenvalue weighted by Crippen LogP contribution is -2.49. The molecule has 1 heterocycles. The Hall–Kier alpha value is -3.62. The minimum atomic E-state index is 0.224. The first-order valence-corrected chi connectivity index (χ1v) is 12.5. The van der Waals surface area contributed by atoms with Crippen molar-refractivity contribution in [2.24, 2.45) is 0 Å². The molecule has 1 saturated heterocycles. The summed E-state index contributed by atoms with van der Waals surface area (Å²) in [7, 11) is 2.12. The van der Waals surface area contributed by atoms with Crippen LogP contribution in [-0.2, 0) is 4.79 Å². The van der Waals surface area contributed by atoms with Crippen molar-refractivity contribution in [1.82, 2.24) is 9.80 Å². The van der Waals surface area contributed by atoms with E-state index in [2.05, 4.69) is 71.4 Å². The molecule has 178 valence electrons. The van der Waals surface area contributed by atoms with Gasteiger partial charge in [-0.3, -0.25) is 4.79 Å². The van der Waals surface area contributed by atoms with E-state index in [0.717, 1.165) is 38.3 Å². The van der Waals surface area contributed by atoms with Gasteiger partial charge in [0, 0.05) is 45.1 Å². The number of amides is 1. The highest BCUT2D eigenvalue weighted by Gasteiger charge is 2.28. The van der Waals surface area contributed by atoms with E-state index in [-0.39, 0.29) is 5.91 Å². The molecule has 0 bridgehead atoms. The van der Waals surface area contributed by atoms with Crippen molar-refractivity contribution < 1.29 is 4.79 Å². The molecule has 5 rings (SSSR count). The van der Waals surface area contributed by atoms with Crippen molar-refractivity contribution in [2.45, 2.75) is 18.8 Å². The summed E-state index contributed by atoms with van der Waals surface area (Å²) < 4.78 is 0. The van der Waals surface area contributed by atoms with Crippen molar-refractivity contribution in [3.05, 3.63) is 89.5 Å². The third-order valence-corrected chi connectivity index (χ3v) is 7.47. The Morgan fingerprint density at radius 1 is 0.886 bits per heavy atom. The fourth-order valence-electron chi connectivity index (χ4n) is 5.52. The van der Waals surface area contributed by atoms with Crippen LogP contribution in [0.4, 0.5) is 5.69 Å². The van der Waals surface area contributed by atoms with E-state index in [4.69, 9.17) is 0 Å². The van der Waals surface area contributed by atoms with Crippen molar-refractivity contribution in [1.29, 1.82) is 5.26 Å². The fraction of sp³-hybridized carbons (Fsp3) is 0.333. The molecule has 0 radical (unpaired) electrons. The molecule has 0 aromatic heterocycles. The number of benzene rings is 3. The predicted molar refractivity (Wildman–Crippen MR) is 140 cm³/mol. The summed E-state index contributed by atoms with van der Waals surface area (Å²) in [6.45, 7) is 4.67. The minimum Gasteiger partial charge on any atom is -0.367 e. The third kappa shape index (κ3) is 4.80. The van der Waals surface area contributed by atoms with Gasteiger partial charge in [0.2, 0.25) is 5.91 Å². The smallest absolute Gasteiger partial charge is 0.223 e. The predicted octanol–water partition coefficient (Wildman–Crippen LogP) is 4.73. The van der Waals surface area contributed by atoms with Gasteiger partial charge in [-0.25, -0.2) is 0 Å². The number of fused-ring (bicyclic) bond motifs is 3. The van der Waals surface area contributed by atoms with Crippen LogP contribution < -0.4 is 4.90 Å². The topological polar surface area (TPSA) is 50.6 Å². The van der Waals surface area contributed by atoms with Crippen LogP contribution in [0.5, 0.6) is 0 Å². The van der Waals surface area contributed by atoms with Crippen LogP contribution >= 0.6 is 0 Å². The van der Waals surface area contributed by atoms with Crippen molar-refractivity contribution in [2.75, 3.05) is 51.2 Å². The number of carbonyl (C=O) groups is 1. The Kier molecular flexibility index (Phi) is 6.83. The van der Waals surface area contributed by atoms with Crippen LogP contribution in [0.15, 0.2) is 72.8 Å². The Balaban J connectivity index is 1.11. The van der Waals surface area contributed by atoms with Crippen LogP contribution in [-0.4, -0.2) is 62.0 Å². The molecule has 0 unspecified atom stereocenters. The maximum absolute atomic E-state index is 12.9. The van der Waals surface area contributed by atoms with E-state index in [1.807, 2.05) is 29.2 Å². The average molecular weight is 465 g/mol. The lowest BCUT2D eigenvalue weighted by atomic mass is 9.93. The molecule has 0 saturated carbocycles. The van der Waals surface area contributed by atoms with Crippen LogP contribution in [0.25, 0.3) is 11.1 Å². The summed E-state index contributed by atoms with van der Waals surface area (Å²) in [6, 6.07) is 27.5. The highest BCUT2D eigenvalue weighted by molar-refractivity contribution is 5.79. The molecule has 1 amide bonds. The minimum absolute atomic E-state index is 0.224. The zero-order valence-corrected chi connectivity index (χ0v) is 20.4. The molecule has 3 aromatic carbocycles. The molecule has 2 aliphatic rings. The zero-order chi connectivity index (χ0) is 24.2. The van der Waals surface area contributed by atoms with E-state index in [9.17, 15) is 10.1 Å². The maximum Gasteiger partial charge on any atom is 0.223 e. The Labute approximate surface area is 208 Å². The third-order valence-electron chi connectivity index (χ3n) is 7.47. The quantitative estimate of drug-likeness (QED) is 0.507. The molecule has 35 heavy (non-hydrogen) atoms. The monoisotopic (exact) mass is 464 g/mol. The fourth-order valence-corrected chi connectivity index (χ4v) is 5.52. The standard InChI is InChI=1S/C30H32N4O/c1-32(16-14-28-26-11-5-3-9-24(26)25-10-4-6-12-27(25)28)17-15-30(35)34-20-18-33(19-21-34)29-13-7-2-8-23(29)22-31/h2-13,28H,14-21H2,1H3. The number of carbonyl (C=O) groups excluding carboxylic acids is 1. The second kappa shape index (κ2) is 10.3. The Morgan fingerprint density at radius 2 is 1.49 bits per heavy atom. The lowest BCUT2D eigenvalue weighted by Gasteiger charge is -2.36. The van der Waals surface area contributed by atoms with Gasteiger partial charge in [0.15, 0.2) is 0 Å². The zero-order valence-electron chi connectivity index (χ0n) is 20.4. The first-order valence-electron chi connectivity index (χ1n) is 12.5. The number of anilines is 1. The summed E-state index contributed by atoms with van der Waals surface area (Å²) in [6.07, 6.45) is 1.60. The summed E-state index contributed by atoms with van der Waals surface area (Å²) in [5, 5.41) is 9.38. The number of para-hydroxylation sites is 1. The van der Waals surface area contributed by atoms with Gasteiger partial charge in [0.05, 0.1) is 11.3 Å². The number of piperazine rings is 1. The molecule has 1 aliphatic carbocycles. The number of nitrogens with zero attached hydrogens (tertiary/aromatic N) is 4. The first-order chi connectivity index (χ1) is 17.2. The number of nitriles is 1. The first kappa shape index (κ1) is 23.1. The Morgan fingerprint density at radius 3 is 2.14 bits per heavy atom. The van der Waals surface area contributed by atoms with Gasteiger partial charge >= 0.3 is 0 Å². The second-order valence-electron chi connectivity index (χ2n) is 9.57. The molecule has 3 aromatic rings.